The van der Waals surface area contributed by atoms with E-state index >= 15 is 0 Å². The van der Waals surface area contributed by atoms with Crippen LogP contribution in [0.1, 0.15) is 33.3 Å². The first-order valence-electron chi connectivity index (χ1n) is 8.18. The van der Waals surface area contributed by atoms with Gasteiger partial charge in [0, 0.05) is 12.1 Å². The number of non-ortho nitro benzene ring substituents is 1. The van der Waals surface area contributed by atoms with E-state index < -0.39 is 23.2 Å². The zero-order valence-corrected chi connectivity index (χ0v) is 14.9. The molecule has 1 radical (unpaired) electrons. The van der Waals surface area contributed by atoms with Gasteiger partial charge in [-0.05, 0) is 68.9 Å². The number of nitrogens with zero attached hydrogens (tertiary/aromatic N) is 1. The summed E-state index contributed by atoms with van der Waals surface area (Å²) in [5.41, 5.74) is 2.60. The van der Waals surface area contributed by atoms with Crippen molar-refractivity contribution in [2.75, 3.05) is 0 Å². The molecule has 0 bridgehead atoms. The van der Waals surface area contributed by atoms with Crippen LogP contribution in [0, 0.1) is 17.0 Å². The number of nitro groups is 1. The van der Waals surface area contributed by atoms with E-state index in [4.69, 9.17) is 9.31 Å². The van der Waals surface area contributed by atoms with Gasteiger partial charge in [0.15, 0.2) is 0 Å². The van der Waals surface area contributed by atoms with Crippen LogP contribution in [0.2, 0.25) is 0 Å². The zero-order valence-electron chi connectivity index (χ0n) is 14.9. The maximum absolute atomic E-state index is 10.9. The normalized spacial score (nSPS) is 18.4. The molecule has 1 saturated heterocycles. The Morgan fingerprint density at radius 2 is 1.56 bits per heavy atom. The predicted octanol–water partition coefficient (Wildman–Crippen LogP) is 3.74. The van der Waals surface area contributed by atoms with E-state index in [1.807, 2.05) is 45.9 Å². The highest BCUT2D eigenvalue weighted by Gasteiger charge is 2.52. The van der Waals surface area contributed by atoms with Gasteiger partial charge in [-0.25, -0.2) is 0 Å². The summed E-state index contributed by atoms with van der Waals surface area (Å²) in [4.78, 5) is 10.5. The van der Waals surface area contributed by atoms with Crippen LogP contribution >= 0.6 is 0 Å². The molecule has 0 aliphatic carbocycles. The second-order valence-electron chi connectivity index (χ2n) is 7.27. The molecule has 129 valence electrons. The van der Waals surface area contributed by atoms with Crippen LogP contribution < -0.4 is 5.46 Å². The molecule has 3 rings (SSSR count). The fourth-order valence-corrected chi connectivity index (χ4v) is 2.89. The monoisotopic (exact) mass is 338 g/mol. The van der Waals surface area contributed by atoms with Gasteiger partial charge in [-0.1, -0.05) is 18.2 Å². The minimum absolute atomic E-state index is 0.0578. The molecule has 2 aromatic rings. The smallest absolute Gasteiger partial charge is 0.399 e. The molecule has 0 amide bonds. The second-order valence-corrected chi connectivity index (χ2v) is 7.27. The van der Waals surface area contributed by atoms with Crippen molar-refractivity contribution in [3.8, 4) is 11.1 Å². The fourth-order valence-electron chi connectivity index (χ4n) is 2.89. The fraction of sp³-hybridized carbons (Fsp3) is 0.316. The quantitative estimate of drug-likeness (QED) is 0.486. The van der Waals surface area contributed by atoms with Crippen LogP contribution in [0.5, 0.6) is 0 Å². The van der Waals surface area contributed by atoms with Crippen molar-refractivity contribution in [1.82, 2.24) is 0 Å². The molecule has 0 spiro atoms. The third-order valence-corrected chi connectivity index (χ3v) is 5.06. The van der Waals surface area contributed by atoms with Crippen LogP contribution in [0.15, 0.2) is 42.5 Å². The molecule has 6 heteroatoms. The van der Waals surface area contributed by atoms with Gasteiger partial charge in [-0.3, -0.25) is 10.1 Å². The van der Waals surface area contributed by atoms with E-state index in [2.05, 4.69) is 6.92 Å². The summed E-state index contributed by atoms with van der Waals surface area (Å²) in [7, 11) is -0.517. The van der Waals surface area contributed by atoms with Crippen molar-refractivity contribution in [2.24, 2.45) is 0 Å². The maximum atomic E-state index is 10.9. The molecule has 1 aliphatic rings. The summed E-state index contributed by atoms with van der Waals surface area (Å²) in [6, 6.07) is 12.2. The molecule has 0 unspecified atom stereocenters. The van der Waals surface area contributed by atoms with Crippen LogP contribution in [-0.4, -0.2) is 23.2 Å². The predicted molar refractivity (Wildman–Crippen MR) is 98.7 cm³/mol. The summed E-state index contributed by atoms with van der Waals surface area (Å²) in [6.07, 6.45) is 0. The van der Waals surface area contributed by atoms with E-state index in [1.165, 1.54) is 12.1 Å². The Morgan fingerprint density at radius 3 is 2.08 bits per heavy atom. The lowest BCUT2D eigenvalue weighted by Gasteiger charge is -2.32. The number of benzene rings is 2. The Hall–Kier alpha value is -2.18. The van der Waals surface area contributed by atoms with Crippen molar-refractivity contribution in [3.63, 3.8) is 0 Å². The van der Waals surface area contributed by atoms with Gasteiger partial charge < -0.3 is 9.31 Å². The van der Waals surface area contributed by atoms with Gasteiger partial charge in [-0.2, -0.15) is 0 Å². The van der Waals surface area contributed by atoms with Crippen LogP contribution in [0.4, 0.5) is 5.69 Å². The van der Waals surface area contributed by atoms with E-state index in [1.54, 1.807) is 12.1 Å². The first-order valence-corrected chi connectivity index (χ1v) is 8.18. The second kappa shape index (κ2) is 5.97. The Balaban J connectivity index is 2.06. The highest BCUT2D eigenvalue weighted by molar-refractivity contribution is 6.64. The molecule has 1 heterocycles. The molecule has 25 heavy (non-hydrogen) atoms. The highest BCUT2D eigenvalue weighted by Crippen LogP contribution is 2.37. The summed E-state index contributed by atoms with van der Waals surface area (Å²) in [5, 5.41) is 10.9. The van der Waals surface area contributed by atoms with Gasteiger partial charge >= 0.3 is 7.12 Å². The van der Waals surface area contributed by atoms with Gasteiger partial charge in [0.1, 0.15) is 0 Å². The highest BCUT2D eigenvalue weighted by atomic mass is 16.7. The van der Waals surface area contributed by atoms with Crippen LogP contribution in [0.3, 0.4) is 0 Å². The average Bonchev–Trinajstić information content (AvgIpc) is 2.75. The van der Waals surface area contributed by atoms with Gasteiger partial charge in [-0.15, -0.1) is 0 Å². The Labute approximate surface area is 148 Å². The van der Waals surface area contributed by atoms with Crippen molar-refractivity contribution < 1.29 is 14.2 Å². The van der Waals surface area contributed by atoms with Gasteiger partial charge in [0.05, 0.1) is 16.1 Å². The zero-order chi connectivity index (χ0) is 18.4. The largest absolute Gasteiger partial charge is 0.495 e. The van der Waals surface area contributed by atoms with Crippen molar-refractivity contribution in [1.29, 1.82) is 0 Å². The molecule has 0 N–H and O–H groups in total. The van der Waals surface area contributed by atoms with E-state index in [-0.39, 0.29) is 5.69 Å². The van der Waals surface area contributed by atoms with Gasteiger partial charge in [0.25, 0.3) is 5.69 Å². The number of nitro benzene ring substituents is 1. The molecule has 0 aromatic heterocycles. The Morgan fingerprint density at radius 1 is 1.00 bits per heavy atom. The molecule has 1 aliphatic heterocycles. The van der Waals surface area contributed by atoms with Crippen LogP contribution in [-0.2, 0) is 9.31 Å². The summed E-state index contributed by atoms with van der Waals surface area (Å²) in [5.74, 6) is 0. The van der Waals surface area contributed by atoms with E-state index in [9.17, 15) is 10.1 Å². The molecule has 0 saturated carbocycles. The number of rotatable bonds is 3. The molecular formula is C19H21BNO4. The molecule has 2 aromatic carbocycles. The first-order chi connectivity index (χ1) is 11.6. The molecule has 1 fully saturated rings. The molecule has 5 nitrogen and oxygen atoms in total. The summed E-state index contributed by atoms with van der Waals surface area (Å²) >= 11 is 0. The Bertz CT molecular complexity index is 799. The molecular weight excluding hydrogens is 317 g/mol. The van der Waals surface area contributed by atoms with E-state index in [0.717, 1.165) is 22.2 Å². The topological polar surface area (TPSA) is 61.6 Å². The minimum atomic E-state index is -0.517. The third kappa shape index (κ3) is 3.07. The average molecular weight is 338 g/mol. The number of hydrogen-bond donors (Lipinski definition) is 0. The summed E-state index contributed by atoms with van der Waals surface area (Å²) < 4.78 is 12.3. The lowest BCUT2D eigenvalue weighted by Crippen LogP contribution is -2.41. The summed E-state index contributed by atoms with van der Waals surface area (Å²) in [6.45, 7) is 12.1. The molecule has 0 atom stereocenters. The number of hydrogen-bond acceptors (Lipinski definition) is 4. The van der Waals surface area contributed by atoms with Crippen molar-refractivity contribution >= 4 is 18.3 Å². The van der Waals surface area contributed by atoms with Crippen molar-refractivity contribution in [3.05, 3.63) is 65.1 Å². The lowest BCUT2D eigenvalue weighted by molar-refractivity contribution is -0.384. The maximum Gasteiger partial charge on any atom is 0.495 e. The first kappa shape index (κ1) is 17.6. The standard InChI is InChI=1S/C19H21BNO4/c1-13-7-6-8-16(20-24-18(2,3)19(4,5)25-20)17(13)14-9-11-15(12-10-14)21(22)23/h6-12H,1H2,2-5H3. The lowest BCUT2D eigenvalue weighted by atomic mass is 9.73. The minimum Gasteiger partial charge on any atom is -0.399 e. The third-order valence-electron chi connectivity index (χ3n) is 5.06. The van der Waals surface area contributed by atoms with E-state index in [0.29, 0.717) is 0 Å². The SMILES string of the molecule is [CH2]c1cccc(B2OC(C)(C)C(C)(C)O2)c1-c1ccc([N+](=O)[O-])cc1. The Kier molecular flexibility index (Phi) is 4.21. The van der Waals surface area contributed by atoms with Gasteiger partial charge in [0.2, 0.25) is 0 Å². The van der Waals surface area contributed by atoms with Crippen LogP contribution in [0.25, 0.3) is 11.1 Å². The van der Waals surface area contributed by atoms with Crippen molar-refractivity contribution in [2.45, 2.75) is 38.9 Å².